The molecule has 17 heavy (non-hydrogen) atoms. The van der Waals surface area contributed by atoms with Crippen molar-refractivity contribution in [2.45, 2.75) is 19.5 Å². The Bertz CT molecular complexity index is 440. The van der Waals surface area contributed by atoms with E-state index in [9.17, 15) is 0 Å². The van der Waals surface area contributed by atoms with E-state index in [0.717, 1.165) is 31.1 Å². The average Bonchev–Trinajstić information content (AvgIpc) is 2.82. The highest BCUT2D eigenvalue weighted by molar-refractivity contribution is 6.30. The van der Waals surface area contributed by atoms with E-state index in [1.165, 1.54) is 5.56 Å². The average molecular weight is 250 g/mol. The molecule has 1 aromatic carbocycles. The monoisotopic (exact) mass is 249 g/mol. The molecule has 0 aliphatic rings. The molecule has 3 nitrogen and oxygen atoms in total. The Morgan fingerprint density at radius 2 is 2.24 bits per heavy atom. The predicted molar refractivity (Wildman–Crippen MR) is 70.0 cm³/mol. The highest BCUT2D eigenvalue weighted by Crippen LogP contribution is 2.10. The molecule has 0 amide bonds. The first-order chi connectivity index (χ1) is 8.34. The van der Waals surface area contributed by atoms with Crippen LogP contribution in [0.1, 0.15) is 12.0 Å². The Labute approximate surface area is 106 Å². The molecule has 0 fully saturated rings. The van der Waals surface area contributed by atoms with E-state index >= 15 is 0 Å². The van der Waals surface area contributed by atoms with Gasteiger partial charge in [0, 0.05) is 30.5 Å². The summed E-state index contributed by atoms with van der Waals surface area (Å²) < 4.78 is 1.95. The molecule has 90 valence electrons. The zero-order valence-electron chi connectivity index (χ0n) is 9.64. The third-order valence-electron chi connectivity index (χ3n) is 2.52. The third kappa shape index (κ3) is 4.21. The van der Waals surface area contributed by atoms with Crippen molar-refractivity contribution in [3.8, 4) is 0 Å². The molecule has 1 heterocycles. The van der Waals surface area contributed by atoms with Gasteiger partial charge >= 0.3 is 0 Å². The summed E-state index contributed by atoms with van der Waals surface area (Å²) in [6.07, 6.45) is 4.86. The first-order valence-corrected chi connectivity index (χ1v) is 6.15. The molecule has 0 saturated carbocycles. The molecule has 0 aliphatic carbocycles. The first-order valence-electron chi connectivity index (χ1n) is 5.77. The van der Waals surface area contributed by atoms with Gasteiger partial charge in [-0.15, -0.1) is 0 Å². The second kappa shape index (κ2) is 6.42. The number of hydrogen-bond donors (Lipinski definition) is 1. The maximum Gasteiger partial charge on any atom is 0.0489 e. The summed E-state index contributed by atoms with van der Waals surface area (Å²) in [4.78, 5) is 0. The fourth-order valence-electron chi connectivity index (χ4n) is 1.68. The van der Waals surface area contributed by atoms with Gasteiger partial charge < -0.3 is 5.32 Å². The van der Waals surface area contributed by atoms with E-state index in [-0.39, 0.29) is 0 Å². The number of benzene rings is 1. The fourth-order valence-corrected chi connectivity index (χ4v) is 1.89. The van der Waals surface area contributed by atoms with Crippen LogP contribution in [0.2, 0.25) is 5.02 Å². The summed E-state index contributed by atoms with van der Waals surface area (Å²) in [6.45, 7) is 2.79. The van der Waals surface area contributed by atoms with Crippen LogP contribution in [0.15, 0.2) is 42.7 Å². The maximum absolute atomic E-state index is 5.91. The van der Waals surface area contributed by atoms with Crippen molar-refractivity contribution < 1.29 is 0 Å². The standard InChI is InChI=1S/C13H16ClN3/c14-13-5-1-4-12(10-13)11-15-6-2-8-17-9-3-7-16-17/h1,3-5,7,9-10,15H,2,6,8,11H2. The third-order valence-corrected chi connectivity index (χ3v) is 2.75. The summed E-state index contributed by atoms with van der Waals surface area (Å²) >= 11 is 5.91. The molecular weight excluding hydrogens is 234 g/mol. The van der Waals surface area contributed by atoms with Gasteiger partial charge in [-0.25, -0.2) is 0 Å². The van der Waals surface area contributed by atoms with E-state index in [1.54, 1.807) is 6.20 Å². The van der Waals surface area contributed by atoms with Gasteiger partial charge in [0.2, 0.25) is 0 Å². The van der Waals surface area contributed by atoms with Crippen LogP contribution in [0.3, 0.4) is 0 Å². The second-order valence-corrected chi connectivity index (χ2v) is 4.37. The number of nitrogens with one attached hydrogen (secondary N) is 1. The topological polar surface area (TPSA) is 29.9 Å². The van der Waals surface area contributed by atoms with Crippen molar-refractivity contribution in [2.24, 2.45) is 0 Å². The molecule has 4 heteroatoms. The van der Waals surface area contributed by atoms with Crippen LogP contribution < -0.4 is 5.32 Å². The Balaban J connectivity index is 1.63. The van der Waals surface area contributed by atoms with Gasteiger partial charge in [-0.1, -0.05) is 23.7 Å². The maximum atomic E-state index is 5.91. The molecule has 2 rings (SSSR count). The van der Waals surface area contributed by atoms with Gasteiger partial charge in [-0.05, 0) is 36.7 Å². The molecule has 0 aliphatic heterocycles. The lowest BCUT2D eigenvalue weighted by molar-refractivity contribution is 0.543. The van der Waals surface area contributed by atoms with Gasteiger partial charge in [-0.2, -0.15) is 5.10 Å². The number of nitrogens with zero attached hydrogens (tertiary/aromatic N) is 2. The molecule has 0 unspecified atom stereocenters. The zero-order valence-corrected chi connectivity index (χ0v) is 10.4. The molecule has 1 N–H and O–H groups in total. The molecule has 0 spiro atoms. The summed E-state index contributed by atoms with van der Waals surface area (Å²) in [5.74, 6) is 0. The van der Waals surface area contributed by atoms with Crippen LogP contribution >= 0.6 is 11.6 Å². The Kier molecular flexibility index (Phi) is 4.59. The minimum Gasteiger partial charge on any atom is -0.313 e. The number of aryl methyl sites for hydroxylation is 1. The Hall–Kier alpha value is -1.32. The van der Waals surface area contributed by atoms with Gasteiger partial charge in [0.05, 0.1) is 0 Å². The summed E-state index contributed by atoms with van der Waals surface area (Å²) in [7, 11) is 0. The van der Waals surface area contributed by atoms with Crippen LogP contribution in [0.4, 0.5) is 0 Å². The van der Waals surface area contributed by atoms with Crippen molar-refractivity contribution in [1.82, 2.24) is 15.1 Å². The van der Waals surface area contributed by atoms with E-state index in [0.29, 0.717) is 0 Å². The minimum absolute atomic E-state index is 0.792. The van der Waals surface area contributed by atoms with E-state index in [4.69, 9.17) is 11.6 Å². The number of aromatic nitrogens is 2. The quantitative estimate of drug-likeness (QED) is 0.798. The molecule has 0 radical (unpaired) electrons. The molecule has 0 bridgehead atoms. The van der Waals surface area contributed by atoms with Crippen molar-refractivity contribution in [1.29, 1.82) is 0 Å². The van der Waals surface area contributed by atoms with Gasteiger partial charge in [0.25, 0.3) is 0 Å². The van der Waals surface area contributed by atoms with Gasteiger partial charge in [0.1, 0.15) is 0 Å². The van der Waals surface area contributed by atoms with Crippen LogP contribution in [-0.2, 0) is 13.1 Å². The van der Waals surface area contributed by atoms with Crippen molar-refractivity contribution in [2.75, 3.05) is 6.54 Å². The fraction of sp³-hybridized carbons (Fsp3) is 0.308. The first kappa shape index (κ1) is 12.1. The van der Waals surface area contributed by atoms with Gasteiger partial charge in [-0.3, -0.25) is 4.68 Å². The van der Waals surface area contributed by atoms with Crippen LogP contribution in [0, 0.1) is 0 Å². The molecule has 0 saturated heterocycles. The highest BCUT2D eigenvalue weighted by Gasteiger charge is 1.94. The summed E-state index contributed by atoms with van der Waals surface area (Å²) in [5.41, 5.74) is 1.22. The van der Waals surface area contributed by atoms with E-state index in [1.807, 2.05) is 35.1 Å². The lowest BCUT2D eigenvalue weighted by Crippen LogP contribution is -2.16. The Morgan fingerprint density at radius 1 is 1.29 bits per heavy atom. The second-order valence-electron chi connectivity index (χ2n) is 3.93. The normalized spacial score (nSPS) is 10.6. The summed E-state index contributed by atoms with van der Waals surface area (Å²) in [5, 5.41) is 8.34. The van der Waals surface area contributed by atoms with Crippen molar-refractivity contribution >= 4 is 11.6 Å². The number of halogens is 1. The predicted octanol–water partition coefficient (Wildman–Crippen LogP) is 2.72. The summed E-state index contributed by atoms with van der Waals surface area (Å²) in [6, 6.07) is 9.87. The van der Waals surface area contributed by atoms with E-state index in [2.05, 4.69) is 16.5 Å². The zero-order chi connectivity index (χ0) is 11.9. The van der Waals surface area contributed by atoms with Crippen LogP contribution in [0.25, 0.3) is 0 Å². The van der Waals surface area contributed by atoms with Gasteiger partial charge in [0.15, 0.2) is 0 Å². The molecule has 2 aromatic rings. The minimum atomic E-state index is 0.792. The van der Waals surface area contributed by atoms with E-state index < -0.39 is 0 Å². The van der Waals surface area contributed by atoms with Crippen molar-refractivity contribution in [3.05, 3.63) is 53.3 Å². The van der Waals surface area contributed by atoms with Crippen LogP contribution in [0.5, 0.6) is 0 Å². The Morgan fingerprint density at radius 3 is 3.00 bits per heavy atom. The molecular formula is C13H16ClN3. The SMILES string of the molecule is Clc1cccc(CNCCCn2cccn2)c1. The molecule has 1 aromatic heterocycles. The van der Waals surface area contributed by atoms with Crippen molar-refractivity contribution in [3.63, 3.8) is 0 Å². The molecule has 0 atom stereocenters. The smallest absolute Gasteiger partial charge is 0.0489 e. The lowest BCUT2D eigenvalue weighted by Gasteiger charge is -2.05. The highest BCUT2D eigenvalue weighted by atomic mass is 35.5. The van der Waals surface area contributed by atoms with Crippen LogP contribution in [-0.4, -0.2) is 16.3 Å². The largest absolute Gasteiger partial charge is 0.313 e. The number of hydrogen-bond acceptors (Lipinski definition) is 2. The number of rotatable bonds is 6. The lowest BCUT2D eigenvalue weighted by atomic mass is 10.2.